The van der Waals surface area contributed by atoms with Crippen LogP contribution in [0.25, 0.3) is 16.8 Å². The number of ether oxygens (including phenoxy) is 1. The van der Waals surface area contributed by atoms with Crippen LogP contribution in [0.4, 0.5) is 4.79 Å². The van der Waals surface area contributed by atoms with E-state index >= 15 is 0 Å². The van der Waals surface area contributed by atoms with Crippen molar-refractivity contribution in [3.8, 4) is 22.6 Å². The zero-order valence-corrected chi connectivity index (χ0v) is 20.6. The number of hydrogen-bond donors (Lipinski definition) is 2. The van der Waals surface area contributed by atoms with Crippen molar-refractivity contribution < 1.29 is 14.3 Å². The first-order valence-corrected chi connectivity index (χ1v) is 12.2. The second-order valence-corrected chi connectivity index (χ2v) is 9.64. The number of pyridine rings is 2. The molecule has 0 spiro atoms. The maximum atomic E-state index is 13.6. The third-order valence-corrected chi connectivity index (χ3v) is 6.81. The molecule has 3 aromatic heterocycles. The number of carbonyl (C=O) groups is 2. The van der Waals surface area contributed by atoms with Gasteiger partial charge in [-0.1, -0.05) is 11.6 Å². The van der Waals surface area contributed by atoms with Crippen LogP contribution in [0.5, 0.6) is 5.75 Å². The van der Waals surface area contributed by atoms with Crippen molar-refractivity contribution >= 4 is 34.9 Å². The van der Waals surface area contributed by atoms with Gasteiger partial charge < -0.3 is 10.1 Å². The predicted molar refractivity (Wildman–Crippen MR) is 136 cm³/mol. The molecule has 0 aliphatic carbocycles. The molecule has 2 N–H and O–H groups in total. The number of hydrogen-bond acceptors (Lipinski definition) is 7. The molecule has 4 aromatic rings. The molecule has 1 fully saturated rings. The molecule has 5 rings (SSSR count). The summed E-state index contributed by atoms with van der Waals surface area (Å²) in [7, 11) is 0. The Hall–Kier alpha value is -4.02. The monoisotopic (exact) mass is 521 g/mol. The van der Waals surface area contributed by atoms with Crippen LogP contribution in [0.15, 0.2) is 65.3 Å². The lowest BCUT2D eigenvalue weighted by Crippen LogP contribution is -2.51. The molecule has 1 aliphatic rings. The molecule has 3 amide bonds. The first kappa shape index (κ1) is 23.7. The molecule has 9 nitrogen and oxygen atoms in total. The van der Waals surface area contributed by atoms with E-state index in [0.717, 1.165) is 10.6 Å². The lowest BCUT2D eigenvalue weighted by atomic mass is 9.95. The van der Waals surface area contributed by atoms with Gasteiger partial charge in [0.1, 0.15) is 12.4 Å². The molecule has 36 heavy (non-hydrogen) atoms. The highest BCUT2D eigenvalue weighted by Gasteiger charge is 2.29. The summed E-state index contributed by atoms with van der Waals surface area (Å²) >= 11 is 7.94. The van der Waals surface area contributed by atoms with Crippen molar-refractivity contribution in [2.24, 2.45) is 0 Å². The molecule has 1 aromatic carbocycles. The number of nitrogens with zero attached hydrogens (tertiary/aromatic N) is 3. The van der Waals surface area contributed by atoms with E-state index in [1.165, 1.54) is 15.9 Å². The molecule has 1 saturated heterocycles. The Bertz CT molecular complexity index is 1520. The maximum absolute atomic E-state index is 13.6. The molecule has 11 heteroatoms. The summed E-state index contributed by atoms with van der Waals surface area (Å²) in [5.74, 6) is -0.660. The van der Waals surface area contributed by atoms with Crippen LogP contribution in [0.3, 0.4) is 0 Å². The summed E-state index contributed by atoms with van der Waals surface area (Å²) in [6, 6.07) is 9.62. The topological polar surface area (TPSA) is 115 Å². The molecule has 1 unspecified atom stereocenters. The minimum Gasteiger partial charge on any atom is -0.487 e. The normalized spacial score (nSPS) is 15.3. The van der Waals surface area contributed by atoms with E-state index in [0.29, 0.717) is 33.1 Å². The van der Waals surface area contributed by atoms with Gasteiger partial charge >= 0.3 is 6.03 Å². The van der Waals surface area contributed by atoms with Crippen molar-refractivity contribution in [1.82, 2.24) is 25.2 Å². The summed E-state index contributed by atoms with van der Waals surface area (Å²) in [6.07, 6.45) is 4.76. The second kappa shape index (κ2) is 9.92. The van der Waals surface area contributed by atoms with Gasteiger partial charge in [0, 0.05) is 34.4 Å². The van der Waals surface area contributed by atoms with Gasteiger partial charge in [-0.25, -0.2) is 9.78 Å². The smallest absolute Gasteiger partial charge is 0.321 e. The van der Waals surface area contributed by atoms with Gasteiger partial charge in [0.05, 0.1) is 29.0 Å². The van der Waals surface area contributed by atoms with Crippen molar-refractivity contribution in [2.75, 3.05) is 6.54 Å². The van der Waals surface area contributed by atoms with E-state index in [2.05, 4.69) is 20.6 Å². The number of amides is 3. The number of imide groups is 1. The van der Waals surface area contributed by atoms with Crippen LogP contribution in [0, 0.1) is 6.92 Å². The Balaban J connectivity index is 1.60. The van der Waals surface area contributed by atoms with Gasteiger partial charge in [0.15, 0.2) is 0 Å². The van der Waals surface area contributed by atoms with Crippen LogP contribution in [-0.4, -0.2) is 33.0 Å². The number of carbonyl (C=O) groups excluding carboxylic acids is 2. The summed E-state index contributed by atoms with van der Waals surface area (Å²) in [5.41, 5.74) is 4.18. The fraction of sp³-hybridized carbons (Fsp3) is 0.160. The molecule has 0 saturated carbocycles. The van der Waals surface area contributed by atoms with Crippen LogP contribution in [0.2, 0.25) is 5.02 Å². The number of aromatic nitrogens is 3. The summed E-state index contributed by atoms with van der Waals surface area (Å²) in [4.78, 5) is 47.3. The van der Waals surface area contributed by atoms with Gasteiger partial charge in [-0.05, 0) is 54.4 Å². The minimum atomic E-state index is -0.687. The first-order valence-electron chi connectivity index (χ1n) is 11.0. The number of thiazole rings is 1. The second-order valence-electron chi connectivity index (χ2n) is 8.14. The first-order chi connectivity index (χ1) is 17.4. The van der Waals surface area contributed by atoms with Crippen molar-refractivity contribution in [1.29, 1.82) is 0 Å². The lowest BCUT2D eigenvalue weighted by Gasteiger charge is -2.23. The highest BCUT2D eigenvalue weighted by molar-refractivity contribution is 7.09. The maximum Gasteiger partial charge on any atom is 0.321 e. The van der Waals surface area contributed by atoms with E-state index < -0.39 is 17.9 Å². The van der Waals surface area contributed by atoms with Gasteiger partial charge in [0.25, 0.3) is 5.56 Å². The number of aryl methyl sites for hydroxylation is 1. The molecule has 4 heterocycles. The summed E-state index contributed by atoms with van der Waals surface area (Å²) in [5, 5.41) is 5.30. The molecular weight excluding hydrogens is 502 g/mol. The molecule has 0 radical (unpaired) electrons. The van der Waals surface area contributed by atoms with E-state index in [1.807, 2.05) is 6.92 Å². The van der Waals surface area contributed by atoms with Gasteiger partial charge in [-0.15, -0.1) is 11.3 Å². The Morgan fingerprint density at radius 2 is 2.08 bits per heavy atom. The van der Waals surface area contributed by atoms with Gasteiger partial charge in [-0.3, -0.25) is 24.5 Å². The Labute approximate surface area is 214 Å². The fourth-order valence-corrected chi connectivity index (χ4v) is 4.72. The van der Waals surface area contributed by atoms with Crippen LogP contribution in [0.1, 0.15) is 22.1 Å². The number of urea groups is 1. The zero-order chi connectivity index (χ0) is 25.2. The predicted octanol–water partition coefficient (Wildman–Crippen LogP) is 3.82. The standard InChI is InChI=1S/C25H20ClN5O4S/c1-14-22(29-13-36-14)12-35-19-6-15(5-17(26)8-19)20-7-16(21-10-28-25(34)30-23(21)32)11-31(24(20)33)18-3-2-4-27-9-18/h2-9,11,13,21H,10,12H2,1H3,(H2,28,30,32,34). The zero-order valence-electron chi connectivity index (χ0n) is 19.0. The third kappa shape index (κ3) is 4.86. The Morgan fingerprint density at radius 1 is 1.22 bits per heavy atom. The Morgan fingerprint density at radius 3 is 2.81 bits per heavy atom. The number of benzene rings is 1. The number of nitrogens with one attached hydrogen (secondary N) is 2. The van der Waals surface area contributed by atoms with E-state index in [-0.39, 0.29) is 18.7 Å². The third-order valence-electron chi connectivity index (χ3n) is 5.79. The number of halogens is 1. The fourth-order valence-electron chi connectivity index (χ4n) is 3.91. The lowest BCUT2D eigenvalue weighted by molar-refractivity contribution is -0.122. The Kier molecular flexibility index (Phi) is 6.53. The summed E-state index contributed by atoms with van der Waals surface area (Å²) < 4.78 is 7.37. The van der Waals surface area contributed by atoms with Gasteiger partial charge in [-0.2, -0.15) is 0 Å². The molecule has 1 aliphatic heterocycles. The number of rotatable bonds is 6. The molecule has 0 bridgehead atoms. The van der Waals surface area contributed by atoms with Crippen LogP contribution in [-0.2, 0) is 11.4 Å². The highest BCUT2D eigenvalue weighted by Crippen LogP contribution is 2.30. The van der Waals surface area contributed by atoms with Crippen molar-refractivity contribution in [3.05, 3.63) is 92.0 Å². The van der Waals surface area contributed by atoms with Crippen molar-refractivity contribution in [2.45, 2.75) is 19.4 Å². The van der Waals surface area contributed by atoms with Crippen LogP contribution >= 0.6 is 22.9 Å². The SMILES string of the molecule is Cc1scnc1COc1cc(Cl)cc(-c2cc(C3CNC(=O)NC3=O)cn(-c3cccnc3)c2=O)c1. The van der Waals surface area contributed by atoms with Gasteiger partial charge in [0.2, 0.25) is 5.91 Å². The summed E-state index contributed by atoms with van der Waals surface area (Å²) in [6.45, 7) is 2.33. The largest absolute Gasteiger partial charge is 0.487 e. The van der Waals surface area contributed by atoms with E-state index in [4.69, 9.17) is 16.3 Å². The minimum absolute atomic E-state index is 0.103. The van der Waals surface area contributed by atoms with Crippen molar-refractivity contribution in [3.63, 3.8) is 0 Å². The quantitative estimate of drug-likeness (QED) is 0.398. The average molecular weight is 522 g/mol. The molecular formula is C25H20ClN5O4S. The highest BCUT2D eigenvalue weighted by atomic mass is 35.5. The molecule has 182 valence electrons. The van der Waals surface area contributed by atoms with E-state index in [1.54, 1.807) is 60.5 Å². The van der Waals surface area contributed by atoms with Crippen LogP contribution < -0.4 is 20.9 Å². The molecule has 1 atom stereocenters. The average Bonchev–Trinajstić information content (AvgIpc) is 3.28. The van der Waals surface area contributed by atoms with E-state index in [9.17, 15) is 14.4 Å².